The predicted molar refractivity (Wildman–Crippen MR) is 124 cm³/mol. The van der Waals surface area contributed by atoms with Crippen LogP contribution in [0.5, 0.6) is 0 Å². The van der Waals surface area contributed by atoms with Gasteiger partial charge in [-0.05, 0) is 50.5 Å². The number of nitrogens with zero attached hydrogens (tertiary/aromatic N) is 3. The zero-order chi connectivity index (χ0) is 22.7. The van der Waals surface area contributed by atoms with Crippen molar-refractivity contribution in [2.75, 3.05) is 11.9 Å². The van der Waals surface area contributed by atoms with Gasteiger partial charge in [0.1, 0.15) is 11.3 Å². The molecule has 0 saturated carbocycles. The Morgan fingerprint density at radius 3 is 2.81 bits per heavy atom. The number of imidazole rings is 1. The van der Waals surface area contributed by atoms with Crippen LogP contribution in [0.4, 0.5) is 5.69 Å². The Balaban J connectivity index is 1.62. The lowest BCUT2D eigenvalue weighted by atomic mass is 10.1. The number of rotatable bonds is 7. The van der Waals surface area contributed by atoms with Gasteiger partial charge in [0.25, 0.3) is 5.91 Å². The van der Waals surface area contributed by atoms with Gasteiger partial charge in [-0.25, -0.2) is 23.1 Å². The van der Waals surface area contributed by atoms with E-state index in [2.05, 4.69) is 19.6 Å². The summed E-state index contributed by atoms with van der Waals surface area (Å²) in [4.78, 5) is 22.7. The summed E-state index contributed by atoms with van der Waals surface area (Å²) in [7, 11) is -3.63. The highest BCUT2D eigenvalue weighted by atomic mass is 32.2. The van der Waals surface area contributed by atoms with Crippen molar-refractivity contribution >= 4 is 32.8 Å². The predicted octanol–water partition coefficient (Wildman–Crippen LogP) is 3.80. The quantitative estimate of drug-likeness (QED) is 0.527. The van der Waals surface area contributed by atoms with Crippen molar-refractivity contribution in [3.8, 4) is 0 Å². The maximum atomic E-state index is 13.2. The largest absolute Gasteiger partial charge is 0.322 e. The molecule has 1 amide bonds. The van der Waals surface area contributed by atoms with E-state index in [0.717, 1.165) is 62.2 Å². The fourth-order valence-corrected chi connectivity index (χ4v) is 5.11. The van der Waals surface area contributed by atoms with Gasteiger partial charge in [0.05, 0.1) is 10.5 Å². The summed E-state index contributed by atoms with van der Waals surface area (Å²) in [6.07, 6.45) is 5.86. The van der Waals surface area contributed by atoms with Crippen LogP contribution in [0.3, 0.4) is 0 Å². The first-order valence-electron chi connectivity index (χ1n) is 11.2. The van der Waals surface area contributed by atoms with Crippen LogP contribution in [-0.2, 0) is 23.0 Å². The third-order valence-electron chi connectivity index (χ3n) is 5.66. The van der Waals surface area contributed by atoms with E-state index in [9.17, 15) is 13.2 Å². The van der Waals surface area contributed by atoms with E-state index in [1.165, 1.54) is 12.1 Å². The standard InChI is InChI=1S/C23H29N5O3S/c1-3-4-12-24-32(30,31)18-10-8-9-17(15-18)26-23(29)19-14-16(2)25-22-21(19)27-20-11-6-5-7-13-28(20)22/h8-10,14-15,24H,3-7,11-13H2,1-2H3,(H,26,29). The van der Waals surface area contributed by atoms with Crippen molar-refractivity contribution in [3.63, 3.8) is 0 Å². The van der Waals surface area contributed by atoms with E-state index in [4.69, 9.17) is 4.98 Å². The third-order valence-corrected chi connectivity index (χ3v) is 7.12. The Labute approximate surface area is 188 Å². The Morgan fingerprint density at radius 1 is 1.16 bits per heavy atom. The molecule has 1 aliphatic rings. The van der Waals surface area contributed by atoms with Gasteiger partial charge in [-0.2, -0.15) is 0 Å². The maximum absolute atomic E-state index is 13.2. The minimum absolute atomic E-state index is 0.121. The molecule has 4 rings (SSSR count). The highest BCUT2D eigenvalue weighted by Crippen LogP contribution is 2.25. The minimum Gasteiger partial charge on any atom is -0.322 e. The molecule has 0 saturated heterocycles. The molecule has 1 aliphatic heterocycles. The van der Waals surface area contributed by atoms with Gasteiger partial charge in [0.15, 0.2) is 5.65 Å². The molecular formula is C23H29N5O3S. The van der Waals surface area contributed by atoms with E-state index < -0.39 is 10.0 Å². The molecule has 0 aliphatic carbocycles. The average molecular weight is 456 g/mol. The summed E-state index contributed by atoms with van der Waals surface area (Å²) >= 11 is 0. The van der Waals surface area contributed by atoms with Crippen LogP contribution in [-0.4, -0.2) is 35.4 Å². The lowest BCUT2D eigenvalue weighted by Gasteiger charge is -2.10. The van der Waals surface area contributed by atoms with Crippen molar-refractivity contribution in [2.24, 2.45) is 0 Å². The molecule has 0 unspecified atom stereocenters. The van der Waals surface area contributed by atoms with Gasteiger partial charge in [-0.15, -0.1) is 0 Å². The monoisotopic (exact) mass is 455 g/mol. The second-order valence-electron chi connectivity index (χ2n) is 8.21. The zero-order valence-electron chi connectivity index (χ0n) is 18.5. The van der Waals surface area contributed by atoms with E-state index >= 15 is 0 Å². The van der Waals surface area contributed by atoms with Gasteiger partial charge in [0.2, 0.25) is 10.0 Å². The Bertz CT molecular complexity index is 1250. The number of unbranched alkanes of at least 4 members (excludes halogenated alkanes) is 1. The van der Waals surface area contributed by atoms with Crippen LogP contribution in [0.25, 0.3) is 11.2 Å². The maximum Gasteiger partial charge on any atom is 0.258 e. The SMILES string of the molecule is CCCCNS(=O)(=O)c1cccc(NC(=O)c2cc(C)nc3c2nc2n3CCCCC2)c1. The molecule has 0 atom stereocenters. The van der Waals surface area contributed by atoms with Gasteiger partial charge < -0.3 is 9.88 Å². The molecule has 0 fully saturated rings. The number of anilines is 1. The van der Waals surface area contributed by atoms with Crippen LogP contribution in [0.1, 0.15) is 60.9 Å². The molecule has 0 spiro atoms. The van der Waals surface area contributed by atoms with Crippen molar-refractivity contribution < 1.29 is 13.2 Å². The first-order valence-corrected chi connectivity index (χ1v) is 12.6. The average Bonchev–Trinajstić information content (AvgIpc) is 2.94. The Morgan fingerprint density at radius 2 is 2.00 bits per heavy atom. The van der Waals surface area contributed by atoms with Crippen molar-refractivity contribution in [3.05, 3.63) is 47.4 Å². The number of sulfonamides is 1. The molecule has 1 aromatic carbocycles. The van der Waals surface area contributed by atoms with E-state index in [0.29, 0.717) is 23.3 Å². The molecule has 8 nitrogen and oxygen atoms in total. The number of nitrogens with one attached hydrogen (secondary N) is 2. The van der Waals surface area contributed by atoms with Crippen LogP contribution in [0, 0.1) is 6.92 Å². The molecule has 0 bridgehead atoms. The number of hydrogen-bond acceptors (Lipinski definition) is 5. The van der Waals surface area contributed by atoms with E-state index in [1.54, 1.807) is 18.2 Å². The van der Waals surface area contributed by atoms with Gasteiger partial charge in [0, 0.05) is 30.9 Å². The zero-order valence-corrected chi connectivity index (χ0v) is 19.3. The number of benzene rings is 1. The van der Waals surface area contributed by atoms with Gasteiger partial charge >= 0.3 is 0 Å². The molecule has 2 N–H and O–H groups in total. The number of carbonyl (C=O) groups excluding carboxylic acids is 1. The summed E-state index contributed by atoms with van der Waals surface area (Å²) in [5, 5.41) is 2.84. The molecule has 32 heavy (non-hydrogen) atoms. The molecule has 2 aromatic heterocycles. The smallest absolute Gasteiger partial charge is 0.258 e. The summed E-state index contributed by atoms with van der Waals surface area (Å²) < 4.78 is 29.8. The minimum atomic E-state index is -3.63. The summed E-state index contributed by atoms with van der Waals surface area (Å²) in [6.45, 7) is 5.10. The number of amides is 1. The van der Waals surface area contributed by atoms with E-state index in [-0.39, 0.29) is 10.8 Å². The molecule has 170 valence electrons. The topological polar surface area (TPSA) is 106 Å². The first-order chi connectivity index (χ1) is 15.4. The van der Waals surface area contributed by atoms with Crippen LogP contribution < -0.4 is 10.0 Å². The molecule has 9 heteroatoms. The van der Waals surface area contributed by atoms with Crippen LogP contribution >= 0.6 is 0 Å². The van der Waals surface area contributed by atoms with Crippen molar-refractivity contribution in [1.82, 2.24) is 19.3 Å². The fraction of sp³-hybridized carbons (Fsp3) is 0.435. The lowest BCUT2D eigenvalue weighted by molar-refractivity contribution is 0.102. The second-order valence-corrected chi connectivity index (χ2v) is 9.97. The summed E-state index contributed by atoms with van der Waals surface area (Å²) in [6, 6.07) is 8.02. The van der Waals surface area contributed by atoms with Crippen LogP contribution in [0.2, 0.25) is 0 Å². The molecule has 0 radical (unpaired) electrons. The molecule has 3 aromatic rings. The number of pyridine rings is 1. The normalized spacial score (nSPS) is 14.2. The number of hydrogen-bond donors (Lipinski definition) is 2. The van der Waals surface area contributed by atoms with Crippen molar-refractivity contribution in [1.29, 1.82) is 0 Å². The fourth-order valence-electron chi connectivity index (χ4n) is 3.99. The van der Waals surface area contributed by atoms with E-state index in [1.807, 2.05) is 13.8 Å². The third kappa shape index (κ3) is 4.68. The number of aryl methyl sites for hydroxylation is 3. The molecular weight excluding hydrogens is 426 g/mol. The van der Waals surface area contributed by atoms with Crippen molar-refractivity contribution in [2.45, 2.75) is 63.8 Å². The Hall–Kier alpha value is -2.78. The number of aromatic nitrogens is 3. The summed E-state index contributed by atoms with van der Waals surface area (Å²) in [5.41, 5.74) is 2.93. The first kappa shape index (κ1) is 22.4. The highest BCUT2D eigenvalue weighted by Gasteiger charge is 2.21. The number of fused-ring (bicyclic) bond motifs is 3. The number of carbonyl (C=O) groups is 1. The Kier molecular flexibility index (Phi) is 6.57. The van der Waals surface area contributed by atoms with Gasteiger partial charge in [-0.3, -0.25) is 4.79 Å². The summed E-state index contributed by atoms with van der Waals surface area (Å²) in [5.74, 6) is 0.637. The lowest BCUT2D eigenvalue weighted by Crippen LogP contribution is -2.24. The van der Waals surface area contributed by atoms with Crippen LogP contribution in [0.15, 0.2) is 35.2 Å². The second kappa shape index (κ2) is 9.38. The highest BCUT2D eigenvalue weighted by molar-refractivity contribution is 7.89. The molecule has 3 heterocycles. The van der Waals surface area contributed by atoms with Gasteiger partial charge in [-0.1, -0.05) is 25.8 Å².